The normalized spacial score (nSPS) is 13.5. The largest absolute Gasteiger partial charge is 0.394 e. The first-order valence-corrected chi connectivity index (χ1v) is 18.2. The molecule has 4 nitrogen and oxygen atoms in total. The third-order valence-corrected chi connectivity index (χ3v) is 8.10. The standard InChI is InChI=1S/C38H71NO3/c1-3-5-7-9-11-13-15-17-19-20-22-24-26-28-30-32-34-38(42)39-36(35-40)37(41)33-31-29-27-25-23-21-18-16-14-12-10-8-6-4-2/h19-20,23,25,31,33,36-37,40-41H,3-18,21-22,24,26-30,32,34-35H2,1-2H3,(H,39,42)/b20-19-,25-23+,33-31+. The van der Waals surface area contributed by atoms with Gasteiger partial charge in [0, 0.05) is 6.42 Å². The van der Waals surface area contributed by atoms with Gasteiger partial charge in [0.05, 0.1) is 18.8 Å². The number of aliphatic hydroxyl groups excluding tert-OH is 2. The third-order valence-electron chi connectivity index (χ3n) is 8.10. The molecular weight excluding hydrogens is 518 g/mol. The lowest BCUT2D eigenvalue weighted by Crippen LogP contribution is -2.45. The number of nitrogens with one attached hydrogen (secondary N) is 1. The molecule has 0 aliphatic carbocycles. The van der Waals surface area contributed by atoms with Gasteiger partial charge in [0.15, 0.2) is 0 Å². The van der Waals surface area contributed by atoms with Crippen molar-refractivity contribution >= 4 is 5.91 Å². The van der Waals surface area contributed by atoms with Crippen molar-refractivity contribution in [1.29, 1.82) is 0 Å². The summed E-state index contributed by atoms with van der Waals surface area (Å²) in [4.78, 5) is 12.3. The minimum Gasteiger partial charge on any atom is -0.394 e. The number of hydrogen-bond acceptors (Lipinski definition) is 3. The summed E-state index contributed by atoms with van der Waals surface area (Å²) in [6.45, 7) is 4.27. The van der Waals surface area contributed by atoms with Crippen LogP contribution in [0.15, 0.2) is 36.5 Å². The van der Waals surface area contributed by atoms with Gasteiger partial charge in [-0.05, 0) is 57.8 Å². The van der Waals surface area contributed by atoms with E-state index in [1.165, 1.54) is 116 Å². The van der Waals surface area contributed by atoms with Gasteiger partial charge < -0.3 is 15.5 Å². The Labute approximate surface area is 261 Å². The fourth-order valence-electron chi connectivity index (χ4n) is 5.25. The molecule has 0 fully saturated rings. The molecule has 0 bridgehead atoms. The zero-order valence-electron chi connectivity index (χ0n) is 28.0. The molecule has 0 saturated heterocycles. The lowest BCUT2D eigenvalue weighted by atomic mass is 10.1. The van der Waals surface area contributed by atoms with E-state index in [1.54, 1.807) is 6.08 Å². The SMILES string of the molecule is CCCCCCCCC/C=C\CCCCCCCC(=O)NC(CO)C(O)/C=C/CC/C=C/CCCCCCCCCC. The minimum atomic E-state index is -0.862. The van der Waals surface area contributed by atoms with Gasteiger partial charge in [0.2, 0.25) is 5.91 Å². The van der Waals surface area contributed by atoms with Crippen molar-refractivity contribution in [1.82, 2.24) is 5.32 Å². The topological polar surface area (TPSA) is 69.6 Å². The van der Waals surface area contributed by atoms with Crippen LogP contribution in [-0.2, 0) is 4.79 Å². The zero-order valence-corrected chi connectivity index (χ0v) is 28.0. The Hall–Kier alpha value is -1.39. The lowest BCUT2D eigenvalue weighted by molar-refractivity contribution is -0.123. The number of amides is 1. The fourth-order valence-corrected chi connectivity index (χ4v) is 5.25. The van der Waals surface area contributed by atoms with Crippen LogP contribution < -0.4 is 5.32 Å². The molecule has 0 saturated carbocycles. The average Bonchev–Trinajstić information content (AvgIpc) is 2.99. The molecule has 0 aliphatic rings. The van der Waals surface area contributed by atoms with E-state index < -0.39 is 12.1 Å². The first kappa shape index (κ1) is 40.6. The number of hydrogen-bond donors (Lipinski definition) is 3. The van der Waals surface area contributed by atoms with Gasteiger partial charge in [-0.2, -0.15) is 0 Å². The summed E-state index contributed by atoms with van der Waals surface area (Å²) in [6.07, 6.45) is 43.7. The molecule has 0 aromatic heterocycles. The Morgan fingerprint density at radius 3 is 1.38 bits per heavy atom. The maximum atomic E-state index is 12.3. The molecule has 0 aliphatic heterocycles. The molecule has 2 unspecified atom stereocenters. The van der Waals surface area contributed by atoms with Crippen LogP contribution in [0.4, 0.5) is 0 Å². The van der Waals surface area contributed by atoms with Gasteiger partial charge in [-0.1, -0.05) is 153 Å². The van der Waals surface area contributed by atoms with Crippen molar-refractivity contribution in [3.63, 3.8) is 0 Å². The first-order valence-electron chi connectivity index (χ1n) is 18.2. The monoisotopic (exact) mass is 590 g/mol. The van der Waals surface area contributed by atoms with E-state index in [1.807, 2.05) is 6.08 Å². The molecule has 0 aromatic rings. The summed E-state index contributed by atoms with van der Waals surface area (Å²) in [5.74, 6) is -0.0845. The van der Waals surface area contributed by atoms with E-state index in [-0.39, 0.29) is 12.5 Å². The van der Waals surface area contributed by atoms with Crippen LogP contribution in [-0.4, -0.2) is 34.9 Å². The smallest absolute Gasteiger partial charge is 0.220 e. The maximum Gasteiger partial charge on any atom is 0.220 e. The van der Waals surface area contributed by atoms with Gasteiger partial charge in [0.1, 0.15) is 0 Å². The van der Waals surface area contributed by atoms with Crippen LogP contribution in [0.25, 0.3) is 0 Å². The van der Waals surface area contributed by atoms with Crippen LogP contribution in [0, 0.1) is 0 Å². The molecule has 1 amide bonds. The maximum absolute atomic E-state index is 12.3. The predicted octanol–water partition coefficient (Wildman–Crippen LogP) is 10.7. The molecular formula is C38H71NO3. The second-order valence-electron chi connectivity index (χ2n) is 12.3. The number of carbonyl (C=O) groups excluding carboxylic acids is 1. The summed E-state index contributed by atoms with van der Waals surface area (Å²) < 4.78 is 0. The molecule has 246 valence electrons. The number of carbonyl (C=O) groups is 1. The Bertz CT molecular complexity index is 642. The molecule has 0 rings (SSSR count). The van der Waals surface area contributed by atoms with E-state index >= 15 is 0 Å². The summed E-state index contributed by atoms with van der Waals surface area (Å²) >= 11 is 0. The molecule has 3 N–H and O–H groups in total. The van der Waals surface area contributed by atoms with Gasteiger partial charge in [0.25, 0.3) is 0 Å². The Morgan fingerprint density at radius 2 is 0.929 bits per heavy atom. The highest BCUT2D eigenvalue weighted by Gasteiger charge is 2.17. The van der Waals surface area contributed by atoms with Gasteiger partial charge >= 0.3 is 0 Å². The van der Waals surface area contributed by atoms with E-state index in [2.05, 4.69) is 43.5 Å². The van der Waals surface area contributed by atoms with Gasteiger partial charge in [-0.3, -0.25) is 4.79 Å². The van der Waals surface area contributed by atoms with Gasteiger partial charge in [-0.25, -0.2) is 0 Å². The number of rotatable bonds is 32. The average molecular weight is 590 g/mol. The molecule has 0 spiro atoms. The van der Waals surface area contributed by atoms with Crippen LogP contribution in [0.2, 0.25) is 0 Å². The van der Waals surface area contributed by atoms with Crippen molar-refractivity contribution in [3.05, 3.63) is 36.5 Å². The lowest BCUT2D eigenvalue weighted by Gasteiger charge is -2.19. The molecule has 2 atom stereocenters. The molecule has 0 heterocycles. The molecule has 0 aromatic carbocycles. The summed E-state index contributed by atoms with van der Waals surface area (Å²) in [7, 11) is 0. The quantitative estimate of drug-likeness (QED) is 0.0540. The van der Waals surface area contributed by atoms with E-state index in [0.29, 0.717) is 6.42 Å². The van der Waals surface area contributed by atoms with Gasteiger partial charge in [-0.15, -0.1) is 0 Å². The Morgan fingerprint density at radius 1 is 0.548 bits per heavy atom. The van der Waals surface area contributed by atoms with Crippen molar-refractivity contribution in [2.45, 2.75) is 193 Å². The summed E-state index contributed by atoms with van der Waals surface area (Å²) in [6, 6.07) is -0.640. The highest BCUT2D eigenvalue weighted by molar-refractivity contribution is 5.76. The van der Waals surface area contributed by atoms with Crippen molar-refractivity contribution < 1.29 is 15.0 Å². The highest BCUT2D eigenvalue weighted by Crippen LogP contribution is 2.12. The van der Waals surface area contributed by atoms with E-state index in [9.17, 15) is 15.0 Å². The van der Waals surface area contributed by atoms with Crippen molar-refractivity contribution in [2.75, 3.05) is 6.61 Å². The number of unbranched alkanes of at least 4 members (excludes halogenated alkanes) is 21. The van der Waals surface area contributed by atoms with Crippen LogP contribution in [0.3, 0.4) is 0 Å². The van der Waals surface area contributed by atoms with Crippen LogP contribution >= 0.6 is 0 Å². The second kappa shape index (κ2) is 34.1. The predicted molar refractivity (Wildman–Crippen MR) is 184 cm³/mol. The summed E-state index contributed by atoms with van der Waals surface area (Å²) in [5, 5.41) is 22.8. The Kier molecular flexibility index (Phi) is 33.0. The third kappa shape index (κ3) is 30.1. The first-order chi connectivity index (χ1) is 20.7. The number of aliphatic hydroxyl groups is 2. The zero-order chi connectivity index (χ0) is 30.8. The van der Waals surface area contributed by atoms with E-state index in [4.69, 9.17) is 0 Å². The second-order valence-corrected chi connectivity index (χ2v) is 12.3. The highest BCUT2D eigenvalue weighted by atomic mass is 16.3. The molecule has 4 heteroatoms. The van der Waals surface area contributed by atoms with Crippen molar-refractivity contribution in [2.24, 2.45) is 0 Å². The van der Waals surface area contributed by atoms with Crippen LogP contribution in [0.1, 0.15) is 181 Å². The number of allylic oxidation sites excluding steroid dienone is 5. The minimum absolute atomic E-state index is 0.0845. The van der Waals surface area contributed by atoms with E-state index in [0.717, 1.165) is 44.9 Å². The summed E-state index contributed by atoms with van der Waals surface area (Å²) in [5.41, 5.74) is 0. The van der Waals surface area contributed by atoms with Crippen molar-refractivity contribution in [3.8, 4) is 0 Å². The molecule has 42 heavy (non-hydrogen) atoms. The molecule has 0 radical (unpaired) electrons. The fraction of sp³-hybridized carbons (Fsp3) is 0.816. The van der Waals surface area contributed by atoms with Crippen LogP contribution in [0.5, 0.6) is 0 Å². The Balaban J connectivity index is 3.69.